The minimum Gasteiger partial charge on any atom is -0.351 e. The van der Waals surface area contributed by atoms with Crippen LogP contribution in [0.15, 0.2) is 43.0 Å². The van der Waals surface area contributed by atoms with Crippen LogP contribution in [0.4, 0.5) is 8.78 Å². The standard InChI is InChI=1S/C14H13F2N3O/c15-12-2-3-13(16)11(9-12)1-4-14(20)18-6-8-19-7-5-17-10-19/h1-5,7,9-10H,6,8H2,(H,18,20). The summed E-state index contributed by atoms with van der Waals surface area (Å²) < 4.78 is 28.0. The number of halogens is 2. The van der Waals surface area contributed by atoms with Crippen molar-refractivity contribution in [2.75, 3.05) is 6.54 Å². The molecule has 1 heterocycles. The number of carbonyl (C=O) groups is 1. The van der Waals surface area contributed by atoms with Crippen LogP contribution < -0.4 is 5.32 Å². The molecule has 2 aromatic rings. The minimum absolute atomic E-state index is 0.0368. The van der Waals surface area contributed by atoms with Crippen molar-refractivity contribution in [3.05, 3.63) is 60.2 Å². The van der Waals surface area contributed by atoms with Gasteiger partial charge in [0.25, 0.3) is 0 Å². The Bertz CT molecular complexity index is 609. The van der Waals surface area contributed by atoms with E-state index in [9.17, 15) is 13.6 Å². The summed E-state index contributed by atoms with van der Waals surface area (Å²) in [4.78, 5) is 15.4. The highest BCUT2D eigenvalue weighted by Crippen LogP contribution is 2.11. The molecule has 6 heteroatoms. The maximum atomic E-state index is 13.3. The van der Waals surface area contributed by atoms with Crippen LogP contribution in [0.5, 0.6) is 0 Å². The van der Waals surface area contributed by atoms with E-state index in [4.69, 9.17) is 0 Å². The van der Waals surface area contributed by atoms with Crippen molar-refractivity contribution in [1.29, 1.82) is 0 Å². The summed E-state index contributed by atoms with van der Waals surface area (Å²) in [7, 11) is 0. The van der Waals surface area contributed by atoms with Gasteiger partial charge in [0.15, 0.2) is 0 Å². The molecule has 0 aliphatic carbocycles. The van der Waals surface area contributed by atoms with Gasteiger partial charge in [0.2, 0.25) is 5.91 Å². The van der Waals surface area contributed by atoms with Gasteiger partial charge in [-0.3, -0.25) is 4.79 Å². The zero-order valence-corrected chi connectivity index (χ0v) is 10.6. The van der Waals surface area contributed by atoms with E-state index >= 15 is 0 Å². The molecule has 0 aliphatic heterocycles. The summed E-state index contributed by atoms with van der Waals surface area (Å²) in [6, 6.07) is 3.08. The zero-order valence-electron chi connectivity index (χ0n) is 10.6. The molecule has 0 aliphatic rings. The number of nitrogens with one attached hydrogen (secondary N) is 1. The molecule has 0 fully saturated rings. The van der Waals surface area contributed by atoms with Crippen LogP contribution in [0.2, 0.25) is 0 Å². The zero-order chi connectivity index (χ0) is 14.4. The molecule has 20 heavy (non-hydrogen) atoms. The third-order valence-corrected chi connectivity index (χ3v) is 2.60. The molecule has 1 amide bonds. The third-order valence-electron chi connectivity index (χ3n) is 2.60. The van der Waals surface area contributed by atoms with E-state index in [0.717, 1.165) is 18.2 Å². The molecular weight excluding hydrogens is 264 g/mol. The normalized spacial score (nSPS) is 10.9. The van der Waals surface area contributed by atoms with Crippen molar-refractivity contribution in [2.45, 2.75) is 6.54 Å². The monoisotopic (exact) mass is 277 g/mol. The first-order valence-corrected chi connectivity index (χ1v) is 6.02. The fraction of sp³-hybridized carbons (Fsp3) is 0.143. The van der Waals surface area contributed by atoms with Gasteiger partial charge in [-0.2, -0.15) is 0 Å². The van der Waals surface area contributed by atoms with Crippen molar-refractivity contribution in [2.24, 2.45) is 0 Å². The van der Waals surface area contributed by atoms with Gasteiger partial charge >= 0.3 is 0 Å². The highest BCUT2D eigenvalue weighted by Gasteiger charge is 2.01. The van der Waals surface area contributed by atoms with Crippen molar-refractivity contribution < 1.29 is 13.6 Å². The maximum Gasteiger partial charge on any atom is 0.244 e. The van der Waals surface area contributed by atoms with Crippen molar-refractivity contribution in [3.8, 4) is 0 Å². The molecule has 1 aromatic heterocycles. The van der Waals surface area contributed by atoms with Crippen molar-refractivity contribution in [1.82, 2.24) is 14.9 Å². The molecule has 0 atom stereocenters. The molecule has 4 nitrogen and oxygen atoms in total. The van der Waals surface area contributed by atoms with E-state index in [1.54, 1.807) is 18.7 Å². The number of benzene rings is 1. The van der Waals surface area contributed by atoms with Gasteiger partial charge < -0.3 is 9.88 Å². The SMILES string of the molecule is O=C(C=Cc1cc(F)ccc1F)NCCn1ccnc1. The molecular formula is C14H13F2N3O. The lowest BCUT2D eigenvalue weighted by atomic mass is 10.2. The van der Waals surface area contributed by atoms with E-state index < -0.39 is 11.6 Å². The molecule has 0 radical (unpaired) electrons. The van der Waals surface area contributed by atoms with Gasteiger partial charge in [-0.1, -0.05) is 0 Å². The van der Waals surface area contributed by atoms with Crippen LogP contribution in [-0.4, -0.2) is 22.0 Å². The summed E-state index contributed by atoms with van der Waals surface area (Å²) in [5.41, 5.74) is 0.0368. The molecule has 0 unspecified atom stereocenters. The number of nitrogens with zero attached hydrogens (tertiary/aromatic N) is 2. The minimum atomic E-state index is -0.575. The molecule has 0 saturated heterocycles. The molecule has 1 aromatic carbocycles. The van der Waals surface area contributed by atoms with Gasteiger partial charge in [-0.05, 0) is 24.3 Å². The second-order valence-corrected chi connectivity index (χ2v) is 4.09. The second-order valence-electron chi connectivity index (χ2n) is 4.09. The number of rotatable bonds is 5. The largest absolute Gasteiger partial charge is 0.351 e. The number of amides is 1. The number of hydrogen-bond donors (Lipinski definition) is 1. The lowest BCUT2D eigenvalue weighted by Gasteiger charge is -2.03. The predicted molar refractivity (Wildman–Crippen MR) is 70.6 cm³/mol. The fourth-order valence-electron chi connectivity index (χ4n) is 1.59. The Morgan fingerprint density at radius 3 is 3.00 bits per heavy atom. The van der Waals surface area contributed by atoms with Crippen LogP contribution in [0.25, 0.3) is 6.08 Å². The lowest BCUT2D eigenvalue weighted by molar-refractivity contribution is -0.116. The Morgan fingerprint density at radius 2 is 2.25 bits per heavy atom. The average Bonchev–Trinajstić information content (AvgIpc) is 2.93. The van der Waals surface area contributed by atoms with Crippen LogP contribution >= 0.6 is 0 Å². The summed E-state index contributed by atoms with van der Waals surface area (Å²) in [6.45, 7) is 1.01. The third kappa shape index (κ3) is 4.01. The molecule has 104 valence electrons. The van der Waals surface area contributed by atoms with Gasteiger partial charge in [0.1, 0.15) is 11.6 Å². The van der Waals surface area contributed by atoms with E-state index in [2.05, 4.69) is 10.3 Å². The number of aromatic nitrogens is 2. The summed E-state index contributed by atoms with van der Waals surface area (Å²) >= 11 is 0. The molecule has 0 saturated carbocycles. The number of hydrogen-bond acceptors (Lipinski definition) is 2. The fourth-order valence-corrected chi connectivity index (χ4v) is 1.59. The maximum absolute atomic E-state index is 13.3. The average molecular weight is 277 g/mol. The first kappa shape index (κ1) is 13.9. The van der Waals surface area contributed by atoms with Gasteiger partial charge in [0, 0.05) is 37.1 Å². The quantitative estimate of drug-likeness (QED) is 0.850. The first-order chi connectivity index (χ1) is 9.65. The second kappa shape index (κ2) is 6.60. The van der Waals surface area contributed by atoms with Crippen molar-refractivity contribution >= 4 is 12.0 Å². The Kier molecular flexibility index (Phi) is 4.60. The lowest BCUT2D eigenvalue weighted by Crippen LogP contribution is -2.25. The molecule has 0 bridgehead atoms. The Labute approximate surface area is 114 Å². The van der Waals surface area contributed by atoms with E-state index in [1.807, 2.05) is 4.57 Å². The topological polar surface area (TPSA) is 46.9 Å². The Hall–Kier alpha value is -2.50. The molecule has 1 N–H and O–H groups in total. The van der Waals surface area contributed by atoms with Crippen molar-refractivity contribution in [3.63, 3.8) is 0 Å². The summed E-state index contributed by atoms with van der Waals surface area (Å²) in [5, 5.41) is 2.63. The van der Waals surface area contributed by atoms with Gasteiger partial charge in [-0.15, -0.1) is 0 Å². The van der Waals surface area contributed by atoms with Gasteiger partial charge in [0.05, 0.1) is 6.33 Å². The van der Waals surface area contributed by atoms with Crippen LogP contribution in [0.1, 0.15) is 5.56 Å². The van der Waals surface area contributed by atoms with E-state index in [0.29, 0.717) is 13.1 Å². The van der Waals surface area contributed by atoms with Crippen LogP contribution in [0, 0.1) is 11.6 Å². The first-order valence-electron chi connectivity index (χ1n) is 6.02. The molecule has 2 rings (SSSR count). The highest BCUT2D eigenvalue weighted by atomic mass is 19.1. The number of carbonyl (C=O) groups excluding carboxylic acids is 1. The van der Waals surface area contributed by atoms with Crippen LogP contribution in [-0.2, 0) is 11.3 Å². The summed E-state index contributed by atoms with van der Waals surface area (Å²) in [5.74, 6) is -1.49. The predicted octanol–water partition coefficient (Wildman–Crippen LogP) is 1.99. The molecule has 0 spiro atoms. The highest BCUT2D eigenvalue weighted by molar-refractivity contribution is 5.91. The van der Waals surface area contributed by atoms with Crippen LogP contribution in [0.3, 0.4) is 0 Å². The Balaban J connectivity index is 1.84. The Morgan fingerprint density at radius 1 is 1.40 bits per heavy atom. The van der Waals surface area contributed by atoms with E-state index in [-0.39, 0.29) is 11.5 Å². The van der Waals surface area contributed by atoms with Gasteiger partial charge in [-0.25, -0.2) is 13.8 Å². The summed E-state index contributed by atoms with van der Waals surface area (Å²) in [6.07, 6.45) is 7.49. The van der Waals surface area contributed by atoms with E-state index in [1.165, 1.54) is 12.2 Å². The smallest absolute Gasteiger partial charge is 0.244 e. The number of imidazole rings is 1.